The second-order valence-electron chi connectivity index (χ2n) is 7.66. The first kappa shape index (κ1) is 19.0. The van der Waals surface area contributed by atoms with Gasteiger partial charge >= 0.3 is 6.03 Å². The Balaban J connectivity index is 1.53. The van der Waals surface area contributed by atoms with Crippen molar-refractivity contribution in [3.63, 3.8) is 0 Å². The van der Waals surface area contributed by atoms with Crippen LogP contribution in [0.3, 0.4) is 0 Å². The van der Waals surface area contributed by atoms with Gasteiger partial charge in [-0.3, -0.25) is 0 Å². The molecule has 2 amide bonds. The first-order valence-corrected chi connectivity index (χ1v) is 10.5. The summed E-state index contributed by atoms with van der Waals surface area (Å²) in [6.45, 7) is 7.65. The van der Waals surface area contributed by atoms with E-state index in [1.807, 2.05) is 6.20 Å². The number of nitrogens with one attached hydrogen (secondary N) is 1. The van der Waals surface area contributed by atoms with Gasteiger partial charge < -0.3 is 15.1 Å². The molecular weight excluding hydrogens is 324 g/mol. The van der Waals surface area contributed by atoms with Gasteiger partial charge in [0.05, 0.1) is 0 Å². The van der Waals surface area contributed by atoms with Crippen LogP contribution in [0, 0.1) is 5.92 Å². The Kier molecular flexibility index (Phi) is 6.75. The molecule has 1 aromatic rings. The molecule has 1 aliphatic heterocycles. The first-order valence-electron chi connectivity index (χ1n) is 10.5. The normalized spacial score (nSPS) is 21.0. The summed E-state index contributed by atoms with van der Waals surface area (Å²) in [6.07, 6.45) is 10.8. The molecule has 144 valence electrons. The number of aromatic nitrogens is 1. The van der Waals surface area contributed by atoms with E-state index >= 15 is 0 Å². The number of carbonyl (C=O) groups is 1. The van der Waals surface area contributed by atoms with Gasteiger partial charge in [0, 0.05) is 38.4 Å². The largest absolute Gasteiger partial charge is 0.357 e. The Morgan fingerprint density at radius 1 is 1.15 bits per heavy atom. The fourth-order valence-electron chi connectivity index (χ4n) is 4.59. The average molecular weight is 359 g/mol. The third kappa shape index (κ3) is 4.49. The second-order valence-corrected chi connectivity index (χ2v) is 7.66. The number of hydrogen-bond acceptors (Lipinski definition) is 3. The van der Waals surface area contributed by atoms with Crippen LogP contribution in [-0.2, 0) is 6.54 Å². The molecule has 0 spiro atoms. The van der Waals surface area contributed by atoms with Crippen molar-refractivity contribution in [1.82, 2.24) is 15.2 Å². The zero-order valence-corrected chi connectivity index (χ0v) is 16.4. The molecule has 1 aromatic heterocycles. The summed E-state index contributed by atoms with van der Waals surface area (Å²) >= 11 is 0. The van der Waals surface area contributed by atoms with E-state index in [4.69, 9.17) is 0 Å². The molecule has 2 heterocycles. The molecule has 1 aliphatic carbocycles. The van der Waals surface area contributed by atoms with Gasteiger partial charge in [-0.05, 0) is 57.1 Å². The maximum absolute atomic E-state index is 12.7. The number of rotatable bonds is 6. The Morgan fingerprint density at radius 2 is 1.92 bits per heavy atom. The summed E-state index contributed by atoms with van der Waals surface area (Å²) in [5, 5.41) is 3.12. The minimum absolute atomic E-state index is 0.103. The van der Waals surface area contributed by atoms with E-state index in [1.54, 1.807) is 0 Å². The Hall–Kier alpha value is -1.78. The summed E-state index contributed by atoms with van der Waals surface area (Å²) in [6, 6.07) is 4.68. The van der Waals surface area contributed by atoms with Crippen molar-refractivity contribution in [3.05, 3.63) is 23.9 Å². The van der Waals surface area contributed by atoms with Crippen LogP contribution < -0.4 is 10.2 Å². The van der Waals surface area contributed by atoms with Crippen LogP contribution in [0.2, 0.25) is 0 Å². The van der Waals surface area contributed by atoms with E-state index in [9.17, 15) is 4.79 Å². The molecule has 0 aromatic carbocycles. The topological polar surface area (TPSA) is 48.5 Å². The van der Waals surface area contributed by atoms with E-state index in [0.717, 1.165) is 37.4 Å². The van der Waals surface area contributed by atoms with Gasteiger partial charge in [0.2, 0.25) is 0 Å². The van der Waals surface area contributed by atoms with Gasteiger partial charge in [-0.1, -0.05) is 25.3 Å². The van der Waals surface area contributed by atoms with Crippen molar-refractivity contribution in [2.45, 2.75) is 71.4 Å². The molecule has 2 fully saturated rings. The monoisotopic (exact) mass is 358 g/mol. The van der Waals surface area contributed by atoms with Crippen LogP contribution in [-0.4, -0.2) is 41.6 Å². The second kappa shape index (κ2) is 9.24. The van der Waals surface area contributed by atoms with Crippen molar-refractivity contribution >= 4 is 11.8 Å². The summed E-state index contributed by atoms with van der Waals surface area (Å²) in [5.41, 5.74) is 1.06. The van der Waals surface area contributed by atoms with Crippen molar-refractivity contribution in [2.75, 3.05) is 24.5 Å². The number of carbonyl (C=O) groups excluding carboxylic acids is 1. The lowest BCUT2D eigenvalue weighted by molar-refractivity contribution is 0.156. The minimum atomic E-state index is 0.103. The molecule has 1 saturated heterocycles. The molecule has 3 rings (SSSR count). The van der Waals surface area contributed by atoms with Gasteiger partial charge in [0.1, 0.15) is 5.82 Å². The third-order valence-corrected chi connectivity index (χ3v) is 6.09. The average Bonchev–Trinajstić information content (AvgIpc) is 3.19. The van der Waals surface area contributed by atoms with Crippen molar-refractivity contribution in [1.29, 1.82) is 0 Å². The Morgan fingerprint density at radius 3 is 2.58 bits per heavy atom. The Bertz CT molecular complexity index is 564. The van der Waals surface area contributed by atoms with Gasteiger partial charge in [-0.25, -0.2) is 9.78 Å². The molecule has 1 saturated carbocycles. The van der Waals surface area contributed by atoms with Gasteiger partial charge in [0.15, 0.2) is 0 Å². The molecule has 1 atom stereocenters. The van der Waals surface area contributed by atoms with Gasteiger partial charge in [-0.15, -0.1) is 0 Å². The molecule has 1 unspecified atom stereocenters. The highest BCUT2D eigenvalue weighted by Gasteiger charge is 2.34. The lowest BCUT2D eigenvalue weighted by atomic mass is 9.83. The molecule has 0 radical (unpaired) electrons. The minimum Gasteiger partial charge on any atom is -0.357 e. The highest BCUT2D eigenvalue weighted by molar-refractivity contribution is 5.74. The first-order chi connectivity index (χ1) is 12.7. The number of nitrogens with zero attached hydrogens (tertiary/aromatic N) is 3. The van der Waals surface area contributed by atoms with Crippen molar-refractivity contribution in [3.8, 4) is 0 Å². The number of urea groups is 1. The van der Waals surface area contributed by atoms with E-state index in [1.165, 1.54) is 38.5 Å². The SMILES string of the molecule is CCN(CC)c1ccc(CNC(=O)N2CCCC2C2CCCCC2)cn1. The number of hydrogen-bond donors (Lipinski definition) is 1. The summed E-state index contributed by atoms with van der Waals surface area (Å²) in [4.78, 5) is 21.6. The predicted molar refractivity (Wildman–Crippen MR) is 106 cm³/mol. The smallest absolute Gasteiger partial charge is 0.317 e. The van der Waals surface area contributed by atoms with Crippen LogP contribution in [0.25, 0.3) is 0 Å². The van der Waals surface area contributed by atoms with Crippen LogP contribution >= 0.6 is 0 Å². The molecule has 26 heavy (non-hydrogen) atoms. The highest BCUT2D eigenvalue weighted by Crippen LogP contribution is 2.34. The van der Waals surface area contributed by atoms with Crippen LogP contribution in [0.4, 0.5) is 10.6 Å². The van der Waals surface area contributed by atoms with Crippen molar-refractivity contribution in [2.24, 2.45) is 5.92 Å². The third-order valence-electron chi connectivity index (χ3n) is 6.09. The molecule has 1 N–H and O–H groups in total. The number of likely N-dealkylation sites (tertiary alicyclic amines) is 1. The van der Waals surface area contributed by atoms with E-state index in [0.29, 0.717) is 18.5 Å². The number of amides is 2. The zero-order chi connectivity index (χ0) is 18.4. The quantitative estimate of drug-likeness (QED) is 0.830. The predicted octanol–water partition coefficient (Wildman–Crippen LogP) is 4.18. The summed E-state index contributed by atoms with van der Waals surface area (Å²) < 4.78 is 0. The highest BCUT2D eigenvalue weighted by atomic mass is 16.2. The molecule has 2 aliphatic rings. The van der Waals surface area contributed by atoms with Crippen LogP contribution in [0.1, 0.15) is 64.4 Å². The maximum atomic E-state index is 12.7. The van der Waals surface area contributed by atoms with Crippen LogP contribution in [0.5, 0.6) is 0 Å². The molecule has 0 bridgehead atoms. The molecule has 5 nitrogen and oxygen atoms in total. The van der Waals surface area contributed by atoms with Gasteiger partial charge in [0.25, 0.3) is 0 Å². The molecule has 5 heteroatoms. The van der Waals surface area contributed by atoms with Crippen LogP contribution in [0.15, 0.2) is 18.3 Å². The van der Waals surface area contributed by atoms with E-state index in [2.05, 4.69) is 46.1 Å². The number of anilines is 1. The fraction of sp³-hybridized carbons (Fsp3) is 0.714. The Labute approximate surface area is 158 Å². The number of pyridine rings is 1. The summed E-state index contributed by atoms with van der Waals surface area (Å²) in [5.74, 6) is 1.72. The lowest BCUT2D eigenvalue weighted by Gasteiger charge is -2.34. The fourth-order valence-corrected chi connectivity index (χ4v) is 4.59. The molecular formula is C21H34N4O. The van der Waals surface area contributed by atoms with Crippen molar-refractivity contribution < 1.29 is 4.79 Å². The van der Waals surface area contributed by atoms with E-state index < -0.39 is 0 Å². The van der Waals surface area contributed by atoms with E-state index in [-0.39, 0.29) is 6.03 Å². The van der Waals surface area contributed by atoms with Gasteiger partial charge in [-0.2, -0.15) is 0 Å². The lowest BCUT2D eigenvalue weighted by Crippen LogP contribution is -2.45. The summed E-state index contributed by atoms with van der Waals surface area (Å²) in [7, 11) is 0. The standard InChI is InChI=1S/C21H34N4O/c1-3-24(4-2)20-13-12-17(15-22-20)16-23-21(26)25-14-8-11-19(25)18-9-6-5-7-10-18/h12-13,15,18-19H,3-11,14,16H2,1-2H3,(H,23,26). The maximum Gasteiger partial charge on any atom is 0.317 e. The zero-order valence-electron chi connectivity index (χ0n) is 16.4.